The molecule has 8 heteroatoms. The van der Waals surface area contributed by atoms with Gasteiger partial charge in [-0.15, -0.1) is 0 Å². The number of rotatable bonds is 9. The molecule has 3 atom stereocenters. The first-order chi connectivity index (χ1) is 18.3. The van der Waals surface area contributed by atoms with Gasteiger partial charge in [0.25, 0.3) is 0 Å². The van der Waals surface area contributed by atoms with E-state index in [-0.39, 0.29) is 12.4 Å². The Morgan fingerprint density at radius 1 is 1.18 bits per heavy atom. The number of ketones is 1. The first kappa shape index (κ1) is 28.2. The summed E-state index contributed by atoms with van der Waals surface area (Å²) in [5.41, 5.74) is 3.83. The average molecular weight is 600 g/mol. The van der Waals surface area contributed by atoms with Crippen molar-refractivity contribution in [3.05, 3.63) is 62.2 Å². The van der Waals surface area contributed by atoms with Gasteiger partial charge in [-0.3, -0.25) is 9.79 Å². The molecule has 0 spiro atoms. The van der Waals surface area contributed by atoms with Crippen molar-refractivity contribution in [2.75, 3.05) is 13.7 Å². The number of carbonyl (C=O) groups excluding carboxylic acids is 1. The van der Waals surface area contributed by atoms with E-state index in [9.17, 15) is 10.1 Å². The van der Waals surface area contributed by atoms with Crippen molar-refractivity contribution in [1.29, 1.82) is 5.26 Å². The number of Topliss-reactive ketones (excluding diaryl/α,β-unsaturated/α-hetero) is 1. The molecule has 0 aromatic heterocycles. The third-order valence-corrected chi connectivity index (χ3v) is 8.15. The molecule has 2 aliphatic rings. The number of aliphatic imine (C=N–C) groups is 1. The highest BCUT2D eigenvalue weighted by Gasteiger charge is 2.41. The normalized spacial score (nSPS) is 20.9. The minimum Gasteiger partial charge on any atom is -0.495 e. The van der Waals surface area contributed by atoms with Crippen LogP contribution in [-0.2, 0) is 11.4 Å². The molecular weight excluding hydrogens is 568 g/mol. The van der Waals surface area contributed by atoms with Gasteiger partial charge in [0.05, 0.1) is 35.2 Å². The average Bonchev–Trinajstić information content (AvgIpc) is 2.88. The van der Waals surface area contributed by atoms with E-state index in [1.807, 2.05) is 38.1 Å². The van der Waals surface area contributed by atoms with Gasteiger partial charge in [-0.1, -0.05) is 37.1 Å². The number of benzene rings is 2. The molecule has 4 rings (SSSR count). The molecular formula is C30H32BrClN2O4. The van der Waals surface area contributed by atoms with Gasteiger partial charge in [-0.05, 0) is 72.3 Å². The van der Waals surface area contributed by atoms with E-state index in [0.29, 0.717) is 51.3 Å². The Kier molecular flexibility index (Phi) is 9.17. The Hall–Kier alpha value is -2.82. The highest BCUT2D eigenvalue weighted by molar-refractivity contribution is 9.10. The predicted octanol–water partition coefficient (Wildman–Crippen LogP) is 7.82. The number of allylic oxidation sites excluding steroid dienone is 2. The van der Waals surface area contributed by atoms with Gasteiger partial charge in [0, 0.05) is 34.9 Å². The van der Waals surface area contributed by atoms with Gasteiger partial charge in [-0.25, -0.2) is 0 Å². The van der Waals surface area contributed by atoms with Gasteiger partial charge in [0.2, 0.25) is 0 Å². The molecule has 6 nitrogen and oxygen atoms in total. The second-order valence-corrected chi connectivity index (χ2v) is 10.9. The van der Waals surface area contributed by atoms with Crippen molar-refractivity contribution in [2.24, 2.45) is 16.8 Å². The fourth-order valence-corrected chi connectivity index (χ4v) is 6.25. The van der Waals surface area contributed by atoms with Crippen LogP contribution in [0.15, 0.2) is 51.1 Å². The molecule has 1 aliphatic carbocycles. The number of nitriles is 1. The summed E-state index contributed by atoms with van der Waals surface area (Å²) in [4.78, 5) is 18.2. The first-order valence-electron chi connectivity index (χ1n) is 12.9. The van der Waals surface area contributed by atoms with E-state index in [1.165, 1.54) is 0 Å². The van der Waals surface area contributed by atoms with Crippen molar-refractivity contribution >= 4 is 39.0 Å². The molecule has 0 N–H and O–H groups in total. The number of hydrogen-bond acceptors (Lipinski definition) is 6. The van der Waals surface area contributed by atoms with Crippen LogP contribution in [0.1, 0.15) is 63.5 Å². The van der Waals surface area contributed by atoms with Crippen LogP contribution in [0.4, 0.5) is 0 Å². The molecule has 0 saturated carbocycles. The summed E-state index contributed by atoms with van der Waals surface area (Å²) in [5, 5.41) is 10.6. The van der Waals surface area contributed by atoms with Gasteiger partial charge in [0.15, 0.2) is 17.3 Å². The summed E-state index contributed by atoms with van der Waals surface area (Å²) in [5.74, 6) is 1.06. The molecule has 0 radical (unpaired) electrons. The maximum Gasteiger partial charge on any atom is 0.175 e. The molecule has 0 saturated heterocycles. The summed E-state index contributed by atoms with van der Waals surface area (Å²) < 4.78 is 18.2. The van der Waals surface area contributed by atoms with E-state index in [2.05, 4.69) is 28.9 Å². The zero-order valence-electron chi connectivity index (χ0n) is 22.1. The van der Waals surface area contributed by atoms with Crippen molar-refractivity contribution in [1.82, 2.24) is 0 Å². The topological polar surface area (TPSA) is 80.9 Å². The van der Waals surface area contributed by atoms with E-state index < -0.39 is 11.8 Å². The zero-order chi connectivity index (χ0) is 27.4. The summed E-state index contributed by atoms with van der Waals surface area (Å²) in [6, 6.07) is 11.8. The van der Waals surface area contributed by atoms with Crippen LogP contribution in [0.5, 0.6) is 17.2 Å². The predicted molar refractivity (Wildman–Crippen MR) is 152 cm³/mol. The lowest BCUT2D eigenvalue weighted by molar-refractivity contribution is -0.117. The number of methoxy groups -OCH3 is 1. The van der Waals surface area contributed by atoms with E-state index in [4.69, 9.17) is 30.8 Å². The van der Waals surface area contributed by atoms with Crippen LogP contribution >= 0.6 is 27.5 Å². The molecule has 38 heavy (non-hydrogen) atoms. The Balaban J connectivity index is 1.73. The van der Waals surface area contributed by atoms with Gasteiger partial charge < -0.3 is 14.2 Å². The van der Waals surface area contributed by atoms with Crippen molar-refractivity contribution in [3.8, 4) is 23.3 Å². The summed E-state index contributed by atoms with van der Waals surface area (Å²) in [6.45, 7) is 6.54. The second kappa shape index (κ2) is 12.4. The Labute approximate surface area is 237 Å². The van der Waals surface area contributed by atoms with E-state index >= 15 is 0 Å². The van der Waals surface area contributed by atoms with Crippen LogP contribution in [-0.4, -0.2) is 25.2 Å². The highest BCUT2D eigenvalue weighted by Crippen LogP contribution is 2.48. The van der Waals surface area contributed by atoms with Crippen molar-refractivity contribution < 1.29 is 19.0 Å². The van der Waals surface area contributed by atoms with Crippen LogP contribution < -0.4 is 14.2 Å². The number of nitrogens with zero attached hydrogens (tertiary/aromatic N) is 2. The molecule has 0 fully saturated rings. The lowest BCUT2D eigenvalue weighted by Gasteiger charge is -2.35. The molecule has 1 heterocycles. The van der Waals surface area contributed by atoms with Gasteiger partial charge in [-0.2, -0.15) is 5.26 Å². The molecule has 200 valence electrons. The fraction of sp³-hybridized carbons (Fsp3) is 0.433. The van der Waals surface area contributed by atoms with E-state index in [0.717, 1.165) is 41.8 Å². The minimum atomic E-state index is -0.538. The SMILES string of the molecule is CCCC1CC(=O)C2=C(C1)N=C(C)C(C#N)C2c1cc(Br)c(OCc2cccc(OC)c2Cl)c(OCC)c1. The molecule has 0 amide bonds. The van der Waals surface area contributed by atoms with Crippen LogP contribution in [0.2, 0.25) is 5.02 Å². The molecule has 2 aromatic rings. The monoisotopic (exact) mass is 598 g/mol. The molecule has 2 aromatic carbocycles. The third kappa shape index (κ3) is 5.62. The molecule has 0 bridgehead atoms. The van der Waals surface area contributed by atoms with Crippen molar-refractivity contribution in [2.45, 2.75) is 59.0 Å². The lowest BCUT2D eigenvalue weighted by atomic mass is 9.70. The summed E-state index contributed by atoms with van der Waals surface area (Å²) in [6.07, 6.45) is 3.29. The van der Waals surface area contributed by atoms with E-state index in [1.54, 1.807) is 13.2 Å². The minimum absolute atomic E-state index is 0.0910. The Bertz CT molecular complexity index is 1330. The smallest absolute Gasteiger partial charge is 0.175 e. The Morgan fingerprint density at radius 3 is 2.66 bits per heavy atom. The number of carbonyl (C=O) groups is 1. The Morgan fingerprint density at radius 2 is 1.97 bits per heavy atom. The quantitative estimate of drug-likeness (QED) is 0.294. The first-order valence-corrected chi connectivity index (χ1v) is 14.1. The maximum atomic E-state index is 13.4. The molecule has 3 unspecified atom stereocenters. The number of ether oxygens (including phenoxy) is 3. The lowest BCUT2D eigenvalue weighted by Crippen LogP contribution is -2.32. The maximum absolute atomic E-state index is 13.4. The second-order valence-electron chi connectivity index (χ2n) is 9.67. The zero-order valence-corrected chi connectivity index (χ0v) is 24.5. The number of halogens is 2. The van der Waals surface area contributed by atoms with Crippen LogP contribution in [0.25, 0.3) is 0 Å². The third-order valence-electron chi connectivity index (χ3n) is 7.14. The fourth-order valence-electron chi connectivity index (χ4n) is 5.42. The van der Waals surface area contributed by atoms with Crippen molar-refractivity contribution in [3.63, 3.8) is 0 Å². The van der Waals surface area contributed by atoms with Crippen LogP contribution in [0.3, 0.4) is 0 Å². The standard InChI is InChI=1S/C30H32BrClN2O4/c1-5-8-18-11-23-28(24(35)12-18)27(21(15-33)17(3)34-23)20-13-22(31)30(26(14-20)37-6-2)38-16-19-9-7-10-25(36-4)29(19)32/h7,9-10,13-14,18,21,27H,5-6,8,11-12,16H2,1-4H3. The van der Waals surface area contributed by atoms with Crippen LogP contribution in [0, 0.1) is 23.2 Å². The summed E-state index contributed by atoms with van der Waals surface area (Å²) >= 11 is 10.1. The molecule has 1 aliphatic heterocycles. The largest absolute Gasteiger partial charge is 0.495 e. The highest BCUT2D eigenvalue weighted by atomic mass is 79.9. The number of hydrogen-bond donors (Lipinski definition) is 0. The van der Waals surface area contributed by atoms with Gasteiger partial charge >= 0.3 is 0 Å². The van der Waals surface area contributed by atoms with Gasteiger partial charge in [0.1, 0.15) is 12.4 Å². The summed E-state index contributed by atoms with van der Waals surface area (Å²) in [7, 11) is 1.57.